The van der Waals surface area contributed by atoms with Crippen molar-refractivity contribution in [1.29, 1.82) is 0 Å². The van der Waals surface area contributed by atoms with E-state index < -0.39 is 4.92 Å². The molecule has 1 aromatic carbocycles. The fourth-order valence-corrected chi connectivity index (χ4v) is 2.63. The van der Waals surface area contributed by atoms with Crippen LogP contribution in [0.1, 0.15) is 44.9 Å². The van der Waals surface area contributed by atoms with E-state index in [1.807, 2.05) is 6.21 Å². The van der Waals surface area contributed by atoms with Crippen molar-refractivity contribution in [2.45, 2.75) is 44.9 Å². The molecule has 0 aromatic heterocycles. The van der Waals surface area contributed by atoms with Crippen molar-refractivity contribution < 1.29 is 4.92 Å². The minimum absolute atomic E-state index is 0.0943. The summed E-state index contributed by atoms with van der Waals surface area (Å²) < 4.78 is 0. The first kappa shape index (κ1) is 14.5. The monoisotopic (exact) mass is 275 g/mol. The van der Waals surface area contributed by atoms with Crippen molar-refractivity contribution >= 4 is 17.6 Å². The average molecular weight is 275 g/mol. The molecule has 1 N–H and O–H groups in total. The summed E-state index contributed by atoms with van der Waals surface area (Å²) in [6.07, 6.45) is 11.0. The summed E-state index contributed by atoms with van der Waals surface area (Å²) in [6.45, 7) is 0. The Bertz CT molecular complexity index is 451. The number of non-ortho nitro benzene ring substituents is 1. The molecule has 0 saturated heterocycles. The number of hydrogen-bond donors (Lipinski definition) is 1. The summed E-state index contributed by atoms with van der Waals surface area (Å²) in [6, 6.07) is 6.27. The Labute approximate surface area is 119 Å². The van der Waals surface area contributed by atoms with Crippen LogP contribution in [0, 0.1) is 16.0 Å². The van der Waals surface area contributed by atoms with Gasteiger partial charge in [0.05, 0.1) is 10.6 Å². The first-order chi connectivity index (χ1) is 9.75. The average Bonchev–Trinajstić information content (AvgIpc) is 2.48. The Balaban J connectivity index is 1.68. The zero-order chi connectivity index (χ0) is 14.2. The maximum absolute atomic E-state index is 10.5. The fourth-order valence-electron chi connectivity index (χ4n) is 2.63. The first-order valence-corrected chi connectivity index (χ1v) is 7.27. The number of rotatable bonds is 6. The maximum atomic E-state index is 10.5. The van der Waals surface area contributed by atoms with E-state index in [1.54, 1.807) is 12.1 Å². The van der Waals surface area contributed by atoms with Crippen molar-refractivity contribution in [3.63, 3.8) is 0 Å². The third kappa shape index (κ3) is 4.64. The van der Waals surface area contributed by atoms with Crippen LogP contribution in [-0.2, 0) is 0 Å². The number of benzene rings is 1. The number of hydrogen-bond acceptors (Lipinski definition) is 4. The van der Waals surface area contributed by atoms with Gasteiger partial charge in [-0.05, 0) is 30.9 Å². The summed E-state index contributed by atoms with van der Waals surface area (Å²) in [5.74, 6) is 0.870. The molecule has 1 aliphatic rings. The SMILES string of the molecule is O=[N+]([O-])c1ccc(N/N=C/CCC2CCCCC2)cc1. The van der Waals surface area contributed by atoms with E-state index in [-0.39, 0.29) is 5.69 Å². The first-order valence-electron chi connectivity index (χ1n) is 7.27. The minimum atomic E-state index is -0.406. The van der Waals surface area contributed by atoms with E-state index in [1.165, 1.54) is 50.7 Å². The molecule has 108 valence electrons. The zero-order valence-electron chi connectivity index (χ0n) is 11.6. The van der Waals surface area contributed by atoms with Crippen LogP contribution in [0.5, 0.6) is 0 Å². The molecule has 1 aromatic rings. The molecule has 0 aliphatic heterocycles. The van der Waals surface area contributed by atoms with Gasteiger partial charge in [0.25, 0.3) is 5.69 Å². The van der Waals surface area contributed by atoms with Crippen molar-refractivity contribution in [2.24, 2.45) is 11.0 Å². The molecule has 2 rings (SSSR count). The largest absolute Gasteiger partial charge is 0.279 e. The third-order valence-corrected chi connectivity index (χ3v) is 3.79. The summed E-state index contributed by atoms with van der Waals surface area (Å²) in [5, 5.41) is 14.7. The molecule has 1 aliphatic carbocycles. The van der Waals surface area contributed by atoms with Gasteiger partial charge in [-0.2, -0.15) is 5.10 Å². The quantitative estimate of drug-likeness (QED) is 0.476. The molecule has 0 bridgehead atoms. The van der Waals surface area contributed by atoms with Crippen LogP contribution in [-0.4, -0.2) is 11.1 Å². The van der Waals surface area contributed by atoms with Gasteiger partial charge in [0, 0.05) is 18.3 Å². The topological polar surface area (TPSA) is 67.5 Å². The highest BCUT2D eigenvalue weighted by Gasteiger charge is 2.11. The van der Waals surface area contributed by atoms with E-state index in [2.05, 4.69) is 10.5 Å². The van der Waals surface area contributed by atoms with Crippen molar-refractivity contribution in [3.05, 3.63) is 34.4 Å². The van der Waals surface area contributed by atoms with Crippen molar-refractivity contribution in [3.8, 4) is 0 Å². The molecule has 0 spiro atoms. The lowest BCUT2D eigenvalue weighted by molar-refractivity contribution is -0.384. The van der Waals surface area contributed by atoms with Gasteiger partial charge in [-0.3, -0.25) is 15.5 Å². The van der Waals surface area contributed by atoms with E-state index in [0.29, 0.717) is 0 Å². The summed E-state index contributed by atoms with van der Waals surface area (Å²) in [4.78, 5) is 10.1. The molecule has 1 fully saturated rings. The highest BCUT2D eigenvalue weighted by Crippen LogP contribution is 2.26. The Hall–Kier alpha value is -1.91. The molecule has 0 amide bonds. The highest BCUT2D eigenvalue weighted by molar-refractivity contribution is 5.59. The molecule has 1 saturated carbocycles. The maximum Gasteiger partial charge on any atom is 0.269 e. The lowest BCUT2D eigenvalue weighted by Crippen LogP contribution is -2.06. The van der Waals surface area contributed by atoms with Gasteiger partial charge in [-0.1, -0.05) is 32.1 Å². The van der Waals surface area contributed by atoms with Crippen LogP contribution in [0.3, 0.4) is 0 Å². The summed E-state index contributed by atoms with van der Waals surface area (Å²) >= 11 is 0. The van der Waals surface area contributed by atoms with Gasteiger partial charge >= 0.3 is 0 Å². The Morgan fingerprint density at radius 3 is 2.60 bits per heavy atom. The van der Waals surface area contributed by atoms with E-state index in [4.69, 9.17) is 0 Å². The molecule has 20 heavy (non-hydrogen) atoms. The molecule has 0 heterocycles. The Kier molecular flexibility index (Phi) is 5.53. The lowest BCUT2D eigenvalue weighted by atomic mass is 9.86. The zero-order valence-corrected chi connectivity index (χ0v) is 11.6. The number of nitrogens with one attached hydrogen (secondary N) is 1. The molecule has 5 heteroatoms. The van der Waals surface area contributed by atoms with Crippen LogP contribution >= 0.6 is 0 Å². The number of nitro groups is 1. The normalized spacial score (nSPS) is 16.4. The van der Waals surface area contributed by atoms with Crippen molar-refractivity contribution in [2.75, 3.05) is 5.43 Å². The van der Waals surface area contributed by atoms with Gasteiger partial charge in [-0.15, -0.1) is 0 Å². The molecule has 0 radical (unpaired) electrons. The number of nitrogens with zero attached hydrogens (tertiary/aromatic N) is 2. The predicted octanol–water partition coefficient (Wildman–Crippen LogP) is 4.35. The summed E-state index contributed by atoms with van der Waals surface area (Å²) in [7, 11) is 0. The van der Waals surface area contributed by atoms with E-state index in [0.717, 1.165) is 18.0 Å². The van der Waals surface area contributed by atoms with Crippen LogP contribution < -0.4 is 5.43 Å². The second-order valence-corrected chi connectivity index (χ2v) is 5.31. The Morgan fingerprint density at radius 2 is 1.95 bits per heavy atom. The van der Waals surface area contributed by atoms with Gasteiger partial charge in [-0.25, -0.2) is 0 Å². The number of hydrazone groups is 1. The predicted molar refractivity (Wildman–Crippen MR) is 81.0 cm³/mol. The number of nitro benzene ring substituents is 1. The van der Waals surface area contributed by atoms with Gasteiger partial charge < -0.3 is 0 Å². The van der Waals surface area contributed by atoms with Crippen LogP contribution in [0.4, 0.5) is 11.4 Å². The standard InChI is InChI=1S/C15H21N3O2/c19-18(20)15-10-8-14(9-11-15)17-16-12-4-7-13-5-2-1-3-6-13/h8-13,17H,1-7H2/b16-12+. The molecular weight excluding hydrogens is 254 g/mol. The van der Waals surface area contributed by atoms with E-state index >= 15 is 0 Å². The molecular formula is C15H21N3O2. The van der Waals surface area contributed by atoms with Crippen LogP contribution in [0.15, 0.2) is 29.4 Å². The second kappa shape index (κ2) is 7.62. The third-order valence-electron chi connectivity index (χ3n) is 3.79. The van der Waals surface area contributed by atoms with Gasteiger partial charge in [0.2, 0.25) is 0 Å². The van der Waals surface area contributed by atoms with Crippen molar-refractivity contribution in [1.82, 2.24) is 0 Å². The second-order valence-electron chi connectivity index (χ2n) is 5.31. The minimum Gasteiger partial charge on any atom is -0.279 e. The fraction of sp³-hybridized carbons (Fsp3) is 0.533. The molecule has 0 unspecified atom stereocenters. The van der Waals surface area contributed by atoms with Gasteiger partial charge in [0.1, 0.15) is 0 Å². The Morgan fingerprint density at radius 1 is 1.25 bits per heavy atom. The van der Waals surface area contributed by atoms with Crippen LogP contribution in [0.2, 0.25) is 0 Å². The highest BCUT2D eigenvalue weighted by atomic mass is 16.6. The smallest absolute Gasteiger partial charge is 0.269 e. The van der Waals surface area contributed by atoms with E-state index in [9.17, 15) is 10.1 Å². The van der Waals surface area contributed by atoms with Gasteiger partial charge in [0.15, 0.2) is 0 Å². The molecule has 0 atom stereocenters. The number of anilines is 1. The summed E-state index contributed by atoms with van der Waals surface area (Å²) in [5.41, 5.74) is 3.76. The van der Waals surface area contributed by atoms with Crippen LogP contribution in [0.25, 0.3) is 0 Å². The molecule has 5 nitrogen and oxygen atoms in total. The lowest BCUT2D eigenvalue weighted by Gasteiger charge is -2.20.